The molecule has 4 nitrogen and oxygen atoms in total. The van der Waals surface area contributed by atoms with Crippen LogP contribution >= 0.6 is 0 Å². The van der Waals surface area contributed by atoms with Gasteiger partial charge in [-0.3, -0.25) is 9.59 Å². The molecule has 0 unspecified atom stereocenters. The van der Waals surface area contributed by atoms with Gasteiger partial charge >= 0.3 is 0 Å². The molecule has 0 aromatic heterocycles. The van der Waals surface area contributed by atoms with E-state index < -0.39 is 17.4 Å². The van der Waals surface area contributed by atoms with Crippen molar-refractivity contribution in [2.75, 3.05) is 4.90 Å². The molecule has 5 heteroatoms. The molecule has 1 aliphatic heterocycles. The molecular weight excluding hydrogens is 381 g/mol. The van der Waals surface area contributed by atoms with Gasteiger partial charge in [-0.25, -0.2) is 4.39 Å². The van der Waals surface area contributed by atoms with E-state index in [1.807, 2.05) is 6.07 Å². The highest BCUT2D eigenvalue weighted by Crippen LogP contribution is 2.51. The van der Waals surface area contributed by atoms with Crippen molar-refractivity contribution in [3.05, 3.63) is 65.5 Å². The van der Waals surface area contributed by atoms with Crippen LogP contribution in [-0.2, 0) is 21.7 Å². The van der Waals surface area contributed by atoms with E-state index in [1.165, 1.54) is 17.0 Å². The fourth-order valence-electron chi connectivity index (χ4n) is 4.94. The summed E-state index contributed by atoms with van der Waals surface area (Å²) in [6, 6.07) is 13.1. The number of rotatable bonds is 3. The van der Waals surface area contributed by atoms with Crippen LogP contribution in [0.15, 0.2) is 48.5 Å². The predicted octanol–water partition coefficient (Wildman–Crippen LogP) is 4.59. The van der Waals surface area contributed by atoms with Crippen molar-refractivity contribution < 1.29 is 19.1 Å². The van der Waals surface area contributed by atoms with Gasteiger partial charge in [0.2, 0.25) is 0 Å². The lowest BCUT2D eigenvalue weighted by Gasteiger charge is -2.41. The van der Waals surface area contributed by atoms with Crippen LogP contribution in [0.2, 0.25) is 0 Å². The van der Waals surface area contributed by atoms with Crippen LogP contribution in [0, 0.1) is 23.1 Å². The van der Waals surface area contributed by atoms with Crippen molar-refractivity contribution in [2.45, 2.75) is 52.2 Å². The maximum Gasteiger partial charge on any atom is 0.264 e. The van der Waals surface area contributed by atoms with E-state index in [0.717, 1.165) is 12.0 Å². The minimum absolute atomic E-state index is 0.00964. The largest absolute Gasteiger partial charge is 0.375 e. The Balaban J connectivity index is 1.73. The highest BCUT2D eigenvalue weighted by Gasteiger charge is 2.58. The van der Waals surface area contributed by atoms with Gasteiger partial charge < -0.3 is 10.0 Å². The topological polar surface area (TPSA) is 57.6 Å². The van der Waals surface area contributed by atoms with E-state index in [1.54, 1.807) is 30.3 Å². The van der Waals surface area contributed by atoms with E-state index in [4.69, 9.17) is 0 Å². The maximum absolute atomic E-state index is 13.6. The summed E-state index contributed by atoms with van der Waals surface area (Å²) >= 11 is 0. The summed E-state index contributed by atoms with van der Waals surface area (Å²) in [6.07, 6.45) is 1.65. The van der Waals surface area contributed by atoms with Crippen molar-refractivity contribution in [3.63, 3.8) is 0 Å². The fraction of sp³-hybridized carbons (Fsp3) is 0.440. The van der Waals surface area contributed by atoms with Crippen LogP contribution < -0.4 is 4.90 Å². The van der Waals surface area contributed by atoms with Crippen LogP contribution in [0.25, 0.3) is 0 Å². The maximum atomic E-state index is 13.6. The molecule has 1 N–H and O–H groups in total. The first-order valence-electron chi connectivity index (χ1n) is 10.5. The number of fused-ring (bicyclic) bond motifs is 1. The molecule has 4 rings (SSSR count). The number of amides is 1. The zero-order valence-electron chi connectivity index (χ0n) is 17.7. The van der Waals surface area contributed by atoms with Gasteiger partial charge in [0, 0.05) is 12.0 Å². The van der Waals surface area contributed by atoms with Gasteiger partial charge in [-0.1, -0.05) is 51.1 Å². The Kier molecular flexibility index (Phi) is 5.05. The Bertz CT molecular complexity index is 979. The van der Waals surface area contributed by atoms with Gasteiger partial charge in [-0.2, -0.15) is 0 Å². The number of aliphatic hydroxyl groups is 1. The second kappa shape index (κ2) is 7.31. The van der Waals surface area contributed by atoms with Gasteiger partial charge in [-0.05, 0) is 47.9 Å². The third-order valence-electron chi connectivity index (χ3n) is 6.81. The van der Waals surface area contributed by atoms with Crippen LogP contribution in [-0.4, -0.2) is 16.8 Å². The molecule has 1 aliphatic carbocycles. The number of para-hydroxylation sites is 1. The molecular formula is C25H28FNO3. The first-order valence-corrected chi connectivity index (χ1v) is 10.5. The summed E-state index contributed by atoms with van der Waals surface area (Å²) in [5.74, 6) is -1.38. The minimum Gasteiger partial charge on any atom is -0.375 e. The Labute approximate surface area is 176 Å². The average Bonchev–Trinajstić information content (AvgIpc) is 2.92. The molecule has 2 aromatic carbocycles. The number of ketones is 1. The van der Waals surface area contributed by atoms with E-state index in [2.05, 4.69) is 20.8 Å². The minimum atomic E-state index is -1.86. The number of nitrogens with zero attached hydrogens (tertiary/aromatic N) is 1. The third kappa shape index (κ3) is 3.35. The van der Waals surface area contributed by atoms with Gasteiger partial charge in [0.15, 0.2) is 5.60 Å². The number of carbonyl (C=O) groups is 2. The zero-order chi connectivity index (χ0) is 21.7. The number of anilines is 1. The molecule has 158 valence electrons. The molecule has 0 bridgehead atoms. The first-order chi connectivity index (χ1) is 14.1. The second-order valence-electron chi connectivity index (χ2n) is 9.66. The number of Topliss-reactive ketones (excluding diaryl/α,β-unsaturated/α-hetero) is 1. The van der Waals surface area contributed by atoms with Gasteiger partial charge in [0.05, 0.1) is 18.2 Å². The quantitative estimate of drug-likeness (QED) is 0.807. The highest BCUT2D eigenvalue weighted by atomic mass is 19.1. The molecule has 30 heavy (non-hydrogen) atoms. The average molecular weight is 410 g/mol. The first kappa shape index (κ1) is 20.7. The second-order valence-corrected chi connectivity index (χ2v) is 9.66. The SMILES string of the molecule is CC(C)(C)[C@@H]1CCC(=O)[C@@H]([C@@]2(O)C(=O)N(Cc3ccc(F)cc3)c3ccccc32)C1. The summed E-state index contributed by atoms with van der Waals surface area (Å²) < 4.78 is 13.3. The Morgan fingerprint density at radius 1 is 1.10 bits per heavy atom. The van der Waals surface area contributed by atoms with Crippen LogP contribution in [0.3, 0.4) is 0 Å². The third-order valence-corrected chi connectivity index (χ3v) is 6.81. The van der Waals surface area contributed by atoms with E-state index >= 15 is 0 Å². The van der Waals surface area contributed by atoms with Crippen molar-refractivity contribution in [2.24, 2.45) is 17.3 Å². The highest BCUT2D eigenvalue weighted by molar-refractivity contribution is 6.09. The number of hydrogen-bond donors (Lipinski definition) is 1. The molecule has 1 saturated carbocycles. The predicted molar refractivity (Wildman–Crippen MR) is 113 cm³/mol. The Morgan fingerprint density at radius 3 is 2.43 bits per heavy atom. The lowest BCUT2D eigenvalue weighted by atomic mass is 9.63. The van der Waals surface area contributed by atoms with Crippen LogP contribution in [0.4, 0.5) is 10.1 Å². The van der Waals surface area contributed by atoms with Crippen LogP contribution in [0.5, 0.6) is 0 Å². The summed E-state index contributed by atoms with van der Waals surface area (Å²) in [4.78, 5) is 28.1. The van der Waals surface area contributed by atoms with E-state index in [0.29, 0.717) is 24.1 Å². The summed E-state index contributed by atoms with van der Waals surface area (Å²) in [6.45, 7) is 6.63. The van der Waals surface area contributed by atoms with Gasteiger partial charge in [-0.15, -0.1) is 0 Å². The molecule has 1 fully saturated rings. The van der Waals surface area contributed by atoms with Crippen molar-refractivity contribution in [1.29, 1.82) is 0 Å². The summed E-state index contributed by atoms with van der Waals surface area (Å²) in [5.41, 5.74) is -0.0154. The molecule has 2 aliphatic rings. The monoisotopic (exact) mass is 409 g/mol. The normalized spacial score (nSPS) is 26.8. The van der Waals surface area contributed by atoms with Crippen molar-refractivity contribution >= 4 is 17.4 Å². The number of halogens is 1. The molecule has 2 aromatic rings. The van der Waals surface area contributed by atoms with Crippen molar-refractivity contribution in [1.82, 2.24) is 0 Å². The smallest absolute Gasteiger partial charge is 0.264 e. The Morgan fingerprint density at radius 2 is 1.77 bits per heavy atom. The van der Waals surface area contributed by atoms with E-state index in [9.17, 15) is 19.1 Å². The molecule has 3 atom stereocenters. The van der Waals surface area contributed by atoms with E-state index in [-0.39, 0.29) is 29.5 Å². The molecule has 1 amide bonds. The Hall–Kier alpha value is -2.53. The fourth-order valence-corrected chi connectivity index (χ4v) is 4.94. The lowest BCUT2D eigenvalue weighted by molar-refractivity contribution is -0.154. The van der Waals surface area contributed by atoms with Gasteiger partial charge in [0.25, 0.3) is 5.91 Å². The molecule has 0 radical (unpaired) electrons. The van der Waals surface area contributed by atoms with Gasteiger partial charge in [0.1, 0.15) is 11.6 Å². The number of carbonyl (C=O) groups excluding carboxylic acids is 2. The zero-order valence-corrected chi connectivity index (χ0v) is 17.7. The number of hydrogen-bond acceptors (Lipinski definition) is 3. The van der Waals surface area contributed by atoms with Crippen LogP contribution in [0.1, 0.15) is 51.2 Å². The van der Waals surface area contributed by atoms with Crippen molar-refractivity contribution in [3.8, 4) is 0 Å². The summed E-state index contributed by atoms with van der Waals surface area (Å²) in [7, 11) is 0. The standard InChI is InChI=1S/C25H28FNO3/c1-24(2,3)17-10-13-22(28)20(14-17)25(30)19-6-4-5-7-21(19)27(23(25)29)15-16-8-11-18(26)12-9-16/h4-9,11-12,17,20,30H,10,13-15H2,1-3H3/t17-,20+,25-/m1/s1. The summed E-state index contributed by atoms with van der Waals surface area (Å²) in [5, 5.41) is 11.8. The molecule has 1 heterocycles. The molecule has 0 saturated heterocycles. The number of benzene rings is 2. The lowest BCUT2D eigenvalue weighted by Crippen LogP contribution is -2.51. The molecule has 0 spiro atoms.